The lowest BCUT2D eigenvalue weighted by Gasteiger charge is -2.33. The SMILES string of the molecule is Cc1cnc(C(=O)Nc2nc(-c3cccc(C(F)(F)F)c3)c(CN3CCCC[C@H]3C)s2)cn1. The molecule has 1 amide bonds. The summed E-state index contributed by atoms with van der Waals surface area (Å²) in [5.41, 5.74) is 0.921. The van der Waals surface area contributed by atoms with Gasteiger partial charge in [0, 0.05) is 29.2 Å². The fourth-order valence-electron chi connectivity index (χ4n) is 3.83. The smallest absolute Gasteiger partial charge is 0.296 e. The number of nitrogens with one attached hydrogen (secondary N) is 1. The molecular formula is C23H24F3N5OS. The van der Waals surface area contributed by atoms with E-state index in [1.54, 1.807) is 13.0 Å². The molecule has 4 rings (SSSR count). The molecule has 1 aliphatic heterocycles. The van der Waals surface area contributed by atoms with Crippen LogP contribution in [-0.4, -0.2) is 38.3 Å². The number of halogens is 3. The van der Waals surface area contributed by atoms with E-state index >= 15 is 0 Å². The third-order valence-electron chi connectivity index (χ3n) is 5.68. The minimum absolute atomic E-state index is 0.141. The molecule has 6 nitrogen and oxygen atoms in total. The Morgan fingerprint density at radius 2 is 2.06 bits per heavy atom. The highest BCUT2D eigenvalue weighted by atomic mass is 32.1. The number of carbonyl (C=O) groups is 1. The molecule has 1 atom stereocenters. The number of hydrogen-bond acceptors (Lipinski definition) is 6. The van der Waals surface area contributed by atoms with Gasteiger partial charge in [-0.15, -0.1) is 0 Å². The number of amides is 1. The highest BCUT2D eigenvalue weighted by Crippen LogP contribution is 2.37. The van der Waals surface area contributed by atoms with Crippen LogP contribution in [0.1, 0.15) is 52.8 Å². The van der Waals surface area contributed by atoms with Gasteiger partial charge in [0.1, 0.15) is 5.69 Å². The highest BCUT2D eigenvalue weighted by Gasteiger charge is 2.31. The van der Waals surface area contributed by atoms with Crippen LogP contribution in [0.3, 0.4) is 0 Å². The fourth-order valence-corrected chi connectivity index (χ4v) is 4.83. The lowest BCUT2D eigenvalue weighted by molar-refractivity contribution is -0.137. The van der Waals surface area contributed by atoms with E-state index in [1.807, 2.05) is 0 Å². The Labute approximate surface area is 193 Å². The number of benzene rings is 1. The van der Waals surface area contributed by atoms with Crippen molar-refractivity contribution in [2.24, 2.45) is 0 Å². The first-order valence-corrected chi connectivity index (χ1v) is 11.5. The molecule has 0 aliphatic carbocycles. The predicted molar refractivity (Wildman–Crippen MR) is 121 cm³/mol. The summed E-state index contributed by atoms with van der Waals surface area (Å²) in [4.78, 5) is 28.4. The van der Waals surface area contributed by atoms with Crippen molar-refractivity contribution in [1.82, 2.24) is 19.9 Å². The Bertz CT molecular complexity index is 1130. The molecule has 174 valence electrons. The molecule has 0 saturated carbocycles. The van der Waals surface area contributed by atoms with Crippen molar-refractivity contribution in [3.63, 3.8) is 0 Å². The summed E-state index contributed by atoms with van der Waals surface area (Å²) in [5, 5.41) is 3.04. The van der Waals surface area contributed by atoms with E-state index in [0.717, 1.165) is 36.4 Å². The van der Waals surface area contributed by atoms with Gasteiger partial charge >= 0.3 is 6.18 Å². The van der Waals surface area contributed by atoms with Gasteiger partial charge in [-0.3, -0.25) is 20.0 Å². The summed E-state index contributed by atoms with van der Waals surface area (Å²) in [7, 11) is 0. The molecule has 3 aromatic rings. The summed E-state index contributed by atoms with van der Waals surface area (Å²) >= 11 is 1.28. The molecule has 1 fully saturated rings. The van der Waals surface area contributed by atoms with Gasteiger partial charge in [0.15, 0.2) is 5.13 Å². The molecule has 0 bridgehead atoms. The molecule has 1 aromatic carbocycles. The van der Waals surface area contributed by atoms with Crippen molar-refractivity contribution < 1.29 is 18.0 Å². The van der Waals surface area contributed by atoms with Gasteiger partial charge < -0.3 is 0 Å². The zero-order valence-corrected chi connectivity index (χ0v) is 19.1. The van der Waals surface area contributed by atoms with Crippen LogP contribution in [0, 0.1) is 6.92 Å². The Kier molecular flexibility index (Phi) is 6.76. The maximum atomic E-state index is 13.3. The van der Waals surface area contributed by atoms with Gasteiger partial charge in [-0.25, -0.2) is 9.97 Å². The second-order valence-corrected chi connectivity index (χ2v) is 9.27. The van der Waals surface area contributed by atoms with Crippen LogP contribution in [-0.2, 0) is 12.7 Å². The van der Waals surface area contributed by atoms with Crippen molar-refractivity contribution in [2.45, 2.75) is 51.9 Å². The van der Waals surface area contributed by atoms with Crippen LogP contribution in [0.15, 0.2) is 36.7 Å². The number of aryl methyl sites for hydroxylation is 1. The van der Waals surface area contributed by atoms with Crippen molar-refractivity contribution in [2.75, 3.05) is 11.9 Å². The van der Waals surface area contributed by atoms with Crippen molar-refractivity contribution >= 4 is 22.4 Å². The third-order valence-corrected chi connectivity index (χ3v) is 6.64. The zero-order chi connectivity index (χ0) is 23.6. The van der Waals surface area contributed by atoms with E-state index < -0.39 is 17.6 Å². The number of aromatic nitrogens is 3. The predicted octanol–water partition coefficient (Wildman–Crippen LogP) is 5.55. The van der Waals surface area contributed by atoms with Gasteiger partial charge in [0.2, 0.25) is 0 Å². The lowest BCUT2D eigenvalue weighted by Crippen LogP contribution is -2.36. The normalized spacial score (nSPS) is 17.2. The molecular weight excluding hydrogens is 451 g/mol. The summed E-state index contributed by atoms with van der Waals surface area (Å²) in [6, 6.07) is 5.52. The number of thiazole rings is 1. The molecule has 33 heavy (non-hydrogen) atoms. The Morgan fingerprint density at radius 3 is 2.76 bits per heavy atom. The summed E-state index contributed by atoms with van der Waals surface area (Å²) < 4.78 is 39.9. The number of carbonyl (C=O) groups excluding carboxylic acids is 1. The third kappa shape index (κ3) is 5.56. The Hall–Kier alpha value is -2.85. The molecule has 3 heterocycles. The average Bonchev–Trinajstić information content (AvgIpc) is 3.17. The standard InChI is InChI=1S/C23H24F3N5OS/c1-14-11-28-18(12-27-14)21(32)30-22-29-20(16-7-5-8-17(10-16)23(24,25)26)19(33-22)13-31-9-4-3-6-15(31)2/h5,7-8,10-12,15H,3-4,6,9,13H2,1-2H3,(H,29,30,32)/t15-/m1/s1. The van der Waals surface area contributed by atoms with E-state index in [1.165, 1.54) is 36.2 Å². The molecule has 0 radical (unpaired) electrons. The maximum Gasteiger partial charge on any atom is 0.416 e. The number of likely N-dealkylation sites (tertiary alicyclic amines) is 1. The second kappa shape index (κ2) is 9.56. The van der Waals surface area contributed by atoms with Crippen LogP contribution in [0.4, 0.5) is 18.3 Å². The van der Waals surface area contributed by atoms with Gasteiger partial charge in [0.05, 0.1) is 23.1 Å². The first-order chi connectivity index (χ1) is 15.7. The fraction of sp³-hybridized carbons (Fsp3) is 0.391. The molecule has 1 N–H and O–H groups in total. The quantitative estimate of drug-likeness (QED) is 0.524. The largest absolute Gasteiger partial charge is 0.416 e. The lowest BCUT2D eigenvalue weighted by atomic mass is 10.0. The number of hydrogen-bond donors (Lipinski definition) is 1. The number of alkyl halides is 3. The van der Waals surface area contributed by atoms with E-state index in [0.29, 0.717) is 34.7 Å². The highest BCUT2D eigenvalue weighted by molar-refractivity contribution is 7.16. The number of anilines is 1. The molecule has 2 aromatic heterocycles. The van der Waals surface area contributed by atoms with Crippen LogP contribution >= 0.6 is 11.3 Å². The van der Waals surface area contributed by atoms with Gasteiger partial charge in [0.25, 0.3) is 5.91 Å². The van der Waals surface area contributed by atoms with E-state index in [9.17, 15) is 18.0 Å². The van der Waals surface area contributed by atoms with Crippen molar-refractivity contribution in [3.8, 4) is 11.3 Å². The first kappa shape index (κ1) is 23.3. The molecule has 1 saturated heterocycles. The van der Waals surface area contributed by atoms with Gasteiger partial charge in [-0.2, -0.15) is 13.2 Å². The van der Waals surface area contributed by atoms with Crippen LogP contribution in [0.2, 0.25) is 0 Å². The topological polar surface area (TPSA) is 71.0 Å². The summed E-state index contributed by atoms with van der Waals surface area (Å²) in [6.07, 6.45) is 1.75. The van der Waals surface area contributed by atoms with Crippen LogP contribution in [0.25, 0.3) is 11.3 Å². The summed E-state index contributed by atoms with van der Waals surface area (Å²) in [5.74, 6) is -0.468. The molecule has 0 spiro atoms. The molecule has 1 aliphatic rings. The van der Waals surface area contributed by atoms with E-state index in [-0.39, 0.29) is 5.69 Å². The second-order valence-electron chi connectivity index (χ2n) is 8.18. The number of piperidine rings is 1. The van der Waals surface area contributed by atoms with E-state index in [4.69, 9.17) is 0 Å². The zero-order valence-electron chi connectivity index (χ0n) is 18.3. The average molecular weight is 476 g/mol. The van der Waals surface area contributed by atoms with Crippen LogP contribution < -0.4 is 5.32 Å². The van der Waals surface area contributed by atoms with Gasteiger partial charge in [-0.1, -0.05) is 29.9 Å². The maximum absolute atomic E-state index is 13.3. The monoisotopic (exact) mass is 475 g/mol. The number of nitrogens with zero attached hydrogens (tertiary/aromatic N) is 4. The number of rotatable bonds is 5. The molecule has 10 heteroatoms. The van der Waals surface area contributed by atoms with Crippen LogP contribution in [0.5, 0.6) is 0 Å². The Balaban J connectivity index is 1.67. The molecule has 0 unspecified atom stereocenters. The van der Waals surface area contributed by atoms with Crippen molar-refractivity contribution in [1.29, 1.82) is 0 Å². The Morgan fingerprint density at radius 1 is 1.24 bits per heavy atom. The first-order valence-electron chi connectivity index (χ1n) is 10.7. The van der Waals surface area contributed by atoms with Crippen molar-refractivity contribution in [3.05, 3.63) is 58.5 Å². The van der Waals surface area contributed by atoms with Gasteiger partial charge in [-0.05, 0) is 45.4 Å². The minimum Gasteiger partial charge on any atom is -0.296 e. The minimum atomic E-state index is -4.45. The van der Waals surface area contributed by atoms with E-state index in [2.05, 4.69) is 32.1 Å². The summed E-state index contributed by atoms with van der Waals surface area (Å²) in [6.45, 7) is 5.40.